The highest BCUT2D eigenvalue weighted by Crippen LogP contribution is 2.17. The second kappa shape index (κ2) is 8.12. The molecule has 0 unspecified atom stereocenters. The summed E-state index contributed by atoms with van der Waals surface area (Å²) in [5, 5.41) is 11.0. The standard InChI is InChI=1S/C14H19FN4O/c1-2-19(8-3-7-16)9-6-14(20)18-13-10-11(17)4-5-12(13)15/h4-5,10H,2-3,6,8-9,17H2,1H3,(H,18,20). The molecule has 3 N–H and O–H groups in total. The van der Waals surface area contributed by atoms with Gasteiger partial charge in [0, 0.05) is 31.6 Å². The van der Waals surface area contributed by atoms with Crippen molar-refractivity contribution in [3.63, 3.8) is 0 Å². The smallest absolute Gasteiger partial charge is 0.225 e. The Morgan fingerprint density at radius 2 is 2.25 bits per heavy atom. The first-order chi connectivity index (χ1) is 9.56. The quantitative estimate of drug-likeness (QED) is 0.747. The van der Waals surface area contributed by atoms with Crippen molar-refractivity contribution in [2.24, 2.45) is 0 Å². The van der Waals surface area contributed by atoms with Crippen LogP contribution in [0.2, 0.25) is 0 Å². The van der Waals surface area contributed by atoms with Gasteiger partial charge in [-0.05, 0) is 24.7 Å². The zero-order valence-corrected chi connectivity index (χ0v) is 11.5. The number of nitrogens with zero attached hydrogens (tertiary/aromatic N) is 2. The van der Waals surface area contributed by atoms with Crippen LogP contribution in [0.25, 0.3) is 0 Å². The Balaban J connectivity index is 2.47. The predicted molar refractivity (Wildman–Crippen MR) is 76.4 cm³/mol. The van der Waals surface area contributed by atoms with Crippen LogP contribution >= 0.6 is 0 Å². The number of amides is 1. The first-order valence-electron chi connectivity index (χ1n) is 6.51. The zero-order chi connectivity index (χ0) is 15.0. The van der Waals surface area contributed by atoms with Crippen molar-refractivity contribution >= 4 is 17.3 Å². The van der Waals surface area contributed by atoms with Gasteiger partial charge in [-0.2, -0.15) is 5.26 Å². The number of benzene rings is 1. The Hall–Kier alpha value is -2.13. The molecule has 0 atom stereocenters. The van der Waals surface area contributed by atoms with Gasteiger partial charge >= 0.3 is 0 Å². The average Bonchev–Trinajstić information content (AvgIpc) is 2.43. The third kappa shape index (κ3) is 5.24. The van der Waals surface area contributed by atoms with E-state index in [2.05, 4.69) is 11.4 Å². The molecule has 6 heteroatoms. The maximum Gasteiger partial charge on any atom is 0.225 e. The molecule has 0 aliphatic carbocycles. The minimum absolute atomic E-state index is 0.0927. The van der Waals surface area contributed by atoms with Crippen LogP contribution in [0, 0.1) is 17.1 Å². The van der Waals surface area contributed by atoms with Crippen LogP contribution in [0.5, 0.6) is 0 Å². The molecule has 108 valence electrons. The lowest BCUT2D eigenvalue weighted by molar-refractivity contribution is -0.116. The van der Waals surface area contributed by atoms with Gasteiger partial charge in [0.05, 0.1) is 11.8 Å². The summed E-state index contributed by atoms with van der Waals surface area (Å²) in [7, 11) is 0. The summed E-state index contributed by atoms with van der Waals surface area (Å²) in [6.07, 6.45) is 0.673. The molecule has 20 heavy (non-hydrogen) atoms. The number of nitrogens with one attached hydrogen (secondary N) is 1. The van der Waals surface area contributed by atoms with Gasteiger partial charge in [0.1, 0.15) is 5.82 Å². The molecule has 0 aliphatic heterocycles. The van der Waals surface area contributed by atoms with Crippen molar-refractivity contribution in [2.75, 3.05) is 30.7 Å². The normalized spacial score (nSPS) is 10.3. The van der Waals surface area contributed by atoms with Crippen LogP contribution in [0.4, 0.5) is 15.8 Å². The maximum absolute atomic E-state index is 13.4. The Labute approximate surface area is 118 Å². The fraction of sp³-hybridized carbons (Fsp3) is 0.429. The number of hydrogen-bond donors (Lipinski definition) is 2. The molecule has 0 spiro atoms. The SMILES string of the molecule is CCN(CCC#N)CCC(=O)Nc1cc(N)ccc1F. The number of anilines is 2. The molecule has 0 saturated carbocycles. The van der Waals surface area contributed by atoms with Crippen molar-refractivity contribution in [1.29, 1.82) is 5.26 Å². The number of nitrogens with two attached hydrogens (primary N) is 1. The third-order valence-electron chi connectivity index (χ3n) is 2.91. The number of hydrogen-bond acceptors (Lipinski definition) is 4. The van der Waals surface area contributed by atoms with Crippen molar-refractivity contribution in [3.05, 3.63) is 24.0 Å². The first kappa shape index (κ1) is 15.9. The van der Waals surface area contributed by atoms with Crippen LogP contribution in [-0.2, 0) is 4.79 Å². The maximum atomic E-state index is 13.4. The fourth-order valence-electron chi connectivity index (χ4n) is 1.75. The highest BCUT2D eigenvalue weighted by atomic mass is 19.1. The Kier molecular flexibility index (Phi) is 6.47. The van der Waals surface area contributed by atoms with Crippen molar-refractivity contribution in [3.8, 4) is 6.07 Å². The Morgan fingerprint density at radius 1 is 1.50 bits per heavy atom. The lowest BCUT2D eigenvalue weighted by atomic mass is 10.2. The van der Waals surface area contributed by atoms with E-state index in [4.69, 9.17) is 11.0 Å². The van der Waals surface area contributed by atoms with E-state index >= 15 is 0 Å². The van der Waals surface area contributed by atoms with E-state index in [-0.39, 0.29) is 18.0 Å². The van der Waals surface area contributed by atoms with E-state index in [1.54, 1.807) is 0 Å². The Bertz CT molecular complexity index is 498. The van der Waals surface area contributed by atoms with Crippen LogP contribution in [0.3, 0.4) is 0 Å². The van der Waals surface area contributed by atoms with Crippen LogP contribution < -0.4 is 11.1 Å². The number of nitrogen functional groups attached to an aromatic ring is 1. The molecular weight excluding hydrogens is 259 g/mol. The highest BCUT2D eigenvalue weighted by molar-refractivity contribution is 5.91. The molecule has 0 aliphatic rings. The largest absolute Gasteiger partial charge is 0.399 e. The van der Waals surface area contributed by atoms with Gasteiger partial charge in [0.2, 0.25) is 5.91 Å². The van der Waals surface area contributed by atoms with Crippen LogP contribution in [0.1, 0.15) is 19.8 Å². The molecule has 0 heterocycles. The van der Waals surface area contributed by atoms with E-state index in [0.717, 1.165) is 6.54 Å². The number of nitriles is 1. The molecule has 1 aromatic carbocycles. The van der Waals surface area contributed by atoms with Crippen molar-refractivity contribution in [2.45, 2.75) is 19.8 Å². The summed E-state index contributed by atoms with van der Waals surface area (Å²) in [6, 6.07) is 6.11. The summed E-state index contributed by atoms with van der Waals surface area (Å²) in [4.78, 5) is 13.8. The molecular formula is C14H19FN4O. The van der Waals surface area contributed by atoms with E-state index in [1.165, 1.54) is 18.2 Å². The van der Waals surface area contributed by atoms with E-state index in [9.17, 15) is 9.18 Å². The molecule has 0 radical (unpaired) electrons. The minimum atomic E-state index is -0.510. The van der Waals surface area contributed by atoms with E-state index in [0.29, 0.717) is 25.2 Å². The van der Waals surface area contributed by atoms with Crippen LogP contribution in [-0.4, -0.2) is 30.4 Å². The molecule has 1 aromatic rings. The van der Waals surface area contributed by atoms with Gasteiger partial charge in [0.15, 0.2) is 0 Å². The Morgan fingerprint density at radius 3 is 2.90 bits per heavy atom. The molecule has 0 aromatic heterocycles. The van der Waals surface area contributed by atoms with Gasteiger partial charge in [-0.1, -0.05) is 6.92 Å². The van der Waals surface area contributed by atoms with Gasteiger partial charge in [-0.3, -0.25) is 4.79 Å². The van der Waals surface area contributed by atoms with Crippen molar-refractivity contribution < 1.29 is 9.18 Å². The molecule has 0 fully saturated rings. The second-order valence-electron chi connectivity index (χ2n) is 4.38. The summed E-state index contributed by atoms with van der Waals surface area (Å²) in [5.41, 5.74) is 6.03. The monoisotopic (exact) mass is 278 g/mol. The van der Waals surface area contributed by atoms with Crippen molar-refractivity contribution in [1.82, 2.24) is 4.90 Å². The van der Waals surface area contributed by atoms with Gasteiger partial charge in [-0.15, -0.1) is 0 Å². The molecule has 1 amide bonds. The molecule has 0 saturated heterocycles. The highest BCUT2D eigenvalue weighted by Gasteiger charge is 2.09. The molecule has 0 bridgehead atoms. The molecule has 1 rings (SSSR count). The fourth-order valence-corrected chi connectivity index (χ4v) is 1.75. The lowest BCUT2D eigenvalue weighted by Gasteiger charge is -2.18. The number of carbonyl (C=O) groups is 1. The second-order valence-corrected chi connectivity index (χ2v) is 4.38. The summed E-state index contributed by atoms with van der Waals surface area (Å²) >= 11 is 0. The summed E-state index contributed by atoms with van der Waals surface area (Å²) in [6.45, 7) is 3.90. The van der Waals surface area contributed by atoms with E-state index in [1.807, 2.05) is 11.8 Å². The van der Waals surface area contributed by atoms with Gasteiger partial charge < -0.3 is 16.0 Å². The average molecular weight is 278 g/mol. The number of rotatable bonds is 7. The predicted octanol–water partition coefficient (Wildman–Crippen LogP) is 1.97. The zero-order valence-electron chi connectivity index (χ0n) is 11.5. The van der Waals surface area contributed by atoms with Crippen LogP contribution in [0.15, 0.2) is 18.2 Å². The summed E-state index contributed by atoms with van der Waals surface area (Å²) < 4.78 is 13.4. The minimum Gasteiger partial charge on any atom is -0.399 e. The summed E-state index contributed by atoms with van der Waals surface area (Å²) in [5.74, 6) is -0.783. The number of halogens is 1. The van der Waals surface area contributed by atoms with Gasteiger partial charge in [0.25, 0.3) is 0 Å². The topological polar surface area (TPSA) is 82.2 Å². The third-order valence-corrected chi connectivity index (χ3v) is 2.91. The van der Waals surface area contributed by atoms with Gasteiger partial charge in [-0.25, -0.2) is 4.39 Å². The first-order valence-corrected chi connectivity index (χ1v) is 6.51. The molecule has 5 nitrogen and oxygen atoms in total. The van der Waals surface area contributed by atoms with E-state index < -0.39 is 5.82 Å². The lowest BCUT2D eigenvalue weighted by Crippen LogP contribution is -2.28. The number of carbonyl (C=O) groups excluding carboxylic acids is 1.